The van der Waals surface area contributed by atoms with Gasteiger partial charge in [-0.05, 0) is 54.1 Å². The Morgan fingerprint density at radius 3 is 2.38 bits per heavy atom. The molecular weight excluding hydrogens is 452 g/mol. The molecule has 0 fully saturated rings. The average molecular weight is 481 g/mol. The van der Waals surface area contributed by atoms with Crippen molar-refractivity contribution in [1.29, 1.82) is 0 Å². The molecule has 34 heavy (non-hydrogen) atoms. The third-order valence-corrected chi connectivity index (χ3v) is 5.90. The SMILES string of the molecule is COc1ccc(CCNC(=O)c2ccccc2NCC(=O)NC(=O)NCCc2cccs2)cc1. The van der Waals surface area contributed by atoms with Gasteiger partial charge in [0.2, 0.25) is 5.91 Å². The highest BCUT2D eigenvalue weighted by atomic mass is 32.1. The van der Waals surface area contributed by atoms with Crippen LogP contribution in [0.2, 0.25) is 0 Å². The van der Waals surface area contributed by atoms with Crippen LogP contribution in [0.1, 0.15) is 20.8 Å². The lowest BCUT2D eigenvalue weighted by Crippen LogP contribution is -2.42. The summed E-state index contributed by atoms with van der Waals surface area (Å²) in [6.07, 6.45) is 1.38. The van der Waals surface area contributed by atoms with Gasteiger partial charge in [0.15, 0.2) is 0 Å². The highest BCUT2D eigenvalue weighted by Gasteiger charge is 2.13. The van der Waals surface area contributed by atoms with Crippen molar-refractivity contribution >= 4 is 34.9 Å². The molecule has 4 amide bonds. The molecule has 0 saturated carbocycles. The quantitative estimate of drug-likeness (QED) is 0.337. The number of thiophene rings is 1. The van der Waals surface area contributed by atoms with Gasteiger partial charge in [0, 0.05) is 23.7 Å². The van der Waals surface area contributed by atoms with Gasteiger partial charge in [-0.15, -0.1) is 11.3 Å². The number of carbonyl (C=O) groups is 3. The maximum absolute atomic E-state index is 12.7. The van der Waals surface area contributed by atoms with Gasteiger partial charge < -0.3 is 20.7 Å². The molecule has 3 aromatic rings. The lowest BCUT2D eigenvalue weighted by molar-refractivity contribution is -0.118. The van der Waals surface area contributed by atoms with E-state index in [1.165, 1.54) is 0 Å². The van der Waals surface area contributed by atoms with Crippen LogP contribution in [0.4, 0.5) is 10.5 Å². The minimum absolute atomic E-state index is 0.144. The van der Waals surface area contributed by atoms with E-state index in [9.17, 15) is 14.4 Å². The Bertz CT molecular complexity index is 1080. The van der Waals surface area contributed by atoms with E-state index in [2.05, 4.69) is 21.3 Å². The Morgan fingerprint density at radius 1 is 0.882 bits per heavy atom. The largest absolute Gasteiger partial charge is 0.497 e. The second-order valence-electron chi connectivity index (χ2n) is 7.39. The van der Waals surface area contributed by atoms with Gasteiger partial charge >= 0.3 is 6.03 Å². The van der Waals surface area contributed by atoms with Crippen LogP contribution in [-0.2, 0) is 17.6 Å². The molecule has 0 spiro atoms. The zero-order chi connectivity index (χ0) is 24.2. The Balaban J connectivity index is 1.42. The molecule has 1 aromatic heterocycles. The number of rotatable bonds is 11. The molecule has 178 valence electrons. The van der Waals surface area contributed by atoms with Crippen LogP contribution < -0.4 is 26.0 Å². The molecular formula is C25H28N4O4S. The van der Waals surface area contributed by atoms with Crippen LogP contribution >= 0.6 is 11.3 Å². The molecule has 1 heterocycles. The van der Waals surface area contributed by atoms with E-state index in [1.807, 2.05) is 41.8 Å². The smallest absolute Gasteiger partial charge is 0.321 e. The molecule has 9 heteroatoms. The number of carbonyl (C=O) groups excluding carboxylic acids is 3. The number of urea groups is 1. The summed E-state index contributed by atoms with van der Waals surface area (Å²) in [6, 6.07) is 18.0. The molecule has 0 radical (unpaired) electrons. The number of anilines is 1. The monoisotopic (exact) mass is 480 g/mol. The first-order valence-electron chi connectivity index (χ1n) is 10.9. The summed E-state index contributed by atoms with van der Waals surface area (Å²) < 4.78 is 5.15. The van der Waals surface area contributed by atoms with E-state index in [1.54, 1.807) is 42.7 Å². The van der Waals surface area contributed by atoms with Crippen LogP contribution in [0.3, 0.4) is 0 Å². The van der Waals surface area contributed by atoms with Crippen molar-refractivity contribution in [3.8, 4) is 5.75 Å². The fraction of sp³-hybridized carbons (Fsp3) is 0.240. The first-order chi connectivity index (χ1) is 16.5. The minimum Gasteiger partial charge on any atom is -0.497 e. The fourth-order valence-corrected chi connectivity index (χ4v) is 3.90. The van der Waals surface area contributed by atoms with Crippen LogP contribution in [0.25, 0.3) is 0 Å². The Hall–Kier alpha value is -3.85. The van der Waals surface area contributed by atoms with Crippen molar-refractivity contribution in [3.05, 3.63) is 82.0 Å². The van der Waals surface area contributed by atoms with E-state index >= 15 is 0 Å². The third kappa shape index (κ3) is 7.93. The molecule has 0 saturated heterocycles. The summed E-state index contributed by atoms with van der Waals surface area (Å²) in [4.78, 5) is 37.9. The molecule has 3 rings (SSSR count). The second-order valence-corrected chi connectivity index (χ2v) is 8.42. The van der Waals surface area contributed by atoms with E-state index in [0.29, 0.717) is 37.2 Å². The molecule has 0 unspecified atom stereocenters. The molecule has 2 aromatic carbocycles. The molecule has 0 bridgehead atoms. The topological polar surface area (TPSA) is 109 Å². The number of hydrogen-bond donors (Lipinski definition) is 4. The molecule has 0 aliphatic carbocycles. The normalized spacial score (nSPS) is 10.3. The van der Waals surface area contributed by atoms with E-state index in [-0.39, 0.29) is 12.5 Å². The maximum atomic E-state index is 12.7. The van der Waals surface area contributed by atoms with Crippen LogP contribution in [0, 0.1) is 0 Å². The highest BCUT2D eigenvalue weighted by molar-refractivity contribution is 7.09. The Labute approximate surface area is 202 Å². The van der Waals surface area contributed by atoms with Gasteiger partial charge in [0.05, 0.1) is 19.2 Å². The van der Waals surface area contributed by atoms with E-state index in [4.69, 9.17) is 4.74 Å². The zero-order valence-corrected chi connectivity index (χ0v) is 19.7. The molecule has 0 atom stereocenters. The lowest BCUT2D eigenvalue weighted by Gasteiger charge is -2.12. The third-order valence-electron chi connectivity index (χ3n) is 4.96. The van der Waals surface area contributed by atoms with Crippen LogP contribution in [0.5, 0.6) is 5.75 Å². The summed E-state index contributed by atoms with van der Waals surface area (Å²) in [7, 11) is 1.62. The maximum Gasteiger partial charge on any atom is 0.321 e. The van der Waals surface area contributed by atoms with Crippen molar-refractivity contribution in [2.45, 2.75) is 12.8 Å². The lowest BCUT2D eigenvalue weighted by atomic mass is 10.1. The summed E-state index contributed by atoms with van der Waals surface area (Å²) >= 11 is 1.62. The first-order valence-corrected chi connectivity index (χ1v) is 11.8. The average Bonchev–Trinajstić information content (AvgIpc) is 3.37. The number of methoxy groups -OCH3 is 1. The van der Waals surface area contributed by atoms with Gasteiger partial charge in [-0.1, -0.05) is 30.3 Å². The van der Waals surface area contributed by atoms with E-state index in [0.717, 1.165) is 16.2 Å². The van der Waals surface area contributed by atoms with Crippen LogP contribution in [-0.4, -0.2) is 44.6 Å². The van der Waals surface area contributed by atoms with Crippen LogP contribution in [0.15, 0.2) is 66.0 Å². The standard InChI is InChI=1S/C25H28N4O4S/c1-33-19-10-8-18(9-11-19)12-14-26-24(31)21-6-2-3-7-22(21)28-17-23(30)29-25(32)27-15-13-20-5-4-16-34-20/h2-11,16,28H,12-15,17H2,1H3,(H,26,31)(H2,27,29,30,32). The molecule has 4 N–H and O–H groups in total. The summed E-state index contributed by atoms with van der Waals surface area (Å²) in [6.45, 7) is 0.757. The van der Waals surface area contributed by atoms with Crippen molar-refractivity contribution < 1.29 is 19.1 Å². The number of amides is 4. The number of para-hydroxylation sites is 1. The van der Waals surface area contributed by atoms with Gasteiger partial charge in [0.1, 0.15) is 5.75 Å². The minimum atomic E-state index is -0.548. The van der Waals surface area contributed by atoms with Crippen molar-refractivity contribution in [2.24, 2.45) is 0 Å². The molecule has 8 nitrogen and oxygen atoms in total. The highest BCUT2D eigenvalue weighted by Crippen LogP contribution is 2.15. The van der Waals surface area contributed by atoms with Gasteiger partial charge in [0.25, 0.3) is 5.91 Å². The predicted molar refractivity (Wildman–Crippen MR) is 134 cm³/mol. The van der Waals surface area contributed by atoms with Crippen molar-refractivity contribution in [2.75, 3.05) is 32.1 Å². The fourth-order valence-electron chi connectivity index (χ4n) is 3.19. The number of hydrogen-bond acceptors (Lipinski definition) is 6. The number of ether oxygens (including phenoxy) is 1. The first kappa shape index (κ1) is 24.8. The van der Waals surface area contributed by atoms with Gasteiger partial charge in [-0.25, -0.2) is 4.79 Å². The number of benzene rings is 2. The Kier molecular flexibility index (Phi) is 9.48. The predicted octanol–water partition coefficient (Wildman–Crippen LogP) is 3.21. The number of nitrogens with one attached hydrogen (secondary N) is 4. The summed E-state index contributed by atoms with van der Waals surface area (Å²) in [5.41, 5.74) is 2.01. The molecule has 0 aliphatic rings. The Morgan fingerprint density at radius 2 is 1.65 bits per heavy atom. The zero-order valence-electron chi connectivity index (χ0n) is 18.9. The summed E-state index contributed by atoms with van der Waals surface area (Å²) in [5.74, 6) is 0.0411. The van der Waals surface area contributed by atoms with Gasteiger partial charge in [-0.2, -0.15) is 0 Å². The van der Waals surface area contributed by atoms with Crippen molar-refractivity contribution in [3.63, 3.8) is 0 Å². The van der Waals surface area contributed by atoms with E-state index < -0.39 is 11.9 Å². The second kappa shape index (κ2) is 13.0. The van der Waals surface area contributed by atoms with Gasteiger partial charge in [-0.3, -0.25) is 14.9 Å². The summed E-state index contributed by atoms with van der Waals surface area (Å²) in [5, 5.41) is 12.7. The van der Waals surface area contributed by atoms with Crippen molar-refractivity contribution in [1.82, 2.24) is 16.0 Å². The number of imide groups is 1. The molecule has 0 aliphatic heterocycles.